The highest BCUT2D eigenvalue weighted by Crippen LogP contribution is 2.24. The van der Waals surface area contributed by atoms with Gasteiger partial charge in [-0.3, -0.25) is 14.9 Å². The van der Waals surface area contributed by atoms with Crippen molar-refractivity contribution >= 4 is 33.5 Å². The number of halogens is 1. The third-order valence-corrected chi connectivity index (χ3v) is 3.93. The van der Waals surface area contributed by atoms with E-state index in [1.165, 1.54) is 12.3 Å². The van der Waals surface area contributed by atoms with Gasteiger partial charge >= 0.3 is 0 Å². The van der Waals surface area contributed by atoms with Crippen LogP contribution in [0.5, 0.6) is 0 Å². The fraction of sp³-hybridized carbons (Fsp3) is 0.0625. The van der Waals surface area contributed by atoms with Gasteiger partial charge in [-0.2, -0.15) is 0 Å². The summed E-state index contributed by atoms with van der Waals surface area (Å²) in [5.41, 5.74) is 2.91. The van der Waals surface area contributed by atoms with Crippen LogP contribution in [0.1, 0.15) is 5.69 Å². The number of H-pyrrole nitrogens is 1. The van der Waals surface area contributed by atoms with E-state index in [9.17, 15) is 4.79 Å². The van der Waals surface area contributed by atoms with Gasteiger partial charge in [-0.1, -0.05) is 11.6 Å². The second-order valence-corrected chi connectivity index (χ2v) is 5.49. The number of hydrogen-bond donors (Lipinski definition) is 1. The minimum Gasteiger partial charge on any atom is -0.299 e. The number of aromatic nitrogens is 4. The third kappa shape index (κ3) is 1.83. The van der Waals surface area contributed by atoms with Gasteiger partial charge in [0, 0.05) is 23.5 Å². The molecule has 0 radical (unpaired) electrons. The molecule has 3 heterocycles. The van der Waals surface area contributed by atoms with E-state index >= 15 is 0 Å². The van der Waals surface area contributed by atoms with Crippen molar-refractivity contribution in [1.29, 1.82) is 0 Å². The summed E-state index contributed by atoms with van der Waals surface area (Å²) in [5, 5.41) is 5.21. The van der Waals surface area contributed by atoms with E-state index in [1.807, 2.05) is 42.1 Å². The third-order valence-electron chi connectivity index (χ3n) is 3.68. The van der Waals surface area contributed by atoms with Gasteiger partial charge < -0.3 is 0 Å². The topological polar surface area (TPSA) is 63.6 Å². The van der Waals surface area contributed by atoms with Crippen molar-refractivity contribution in [3.05, 3.63) is 63.7 Å². The average Bonchev–Trinajstić information content (AvgIpc) is 2.92. The van der Waals surface area contributed by atoms with Crippen LogP contribution in [0.3, 0.4) is 0 Å². The molecule has 22 heavy (non-hydrogen) atoms. The summed E-state index contributed by atoms with van der Waals surface area (Å²) in [6, 6.07) is 8.90. The molecule has 0 atom stereocenters. The van der Waals surface area contributed by atoms with Crippen molar-refractivity contribution in [2.24, 2.45) is 0 Å². The molecule has 0 aliphatic rings. The molecule has 5 nitrogen and oxygen atoms in total. The summed E-state index contributed by atoms with van der Waals surface area (Å²) in [6.07, 6.45) is 3.34. The van der Waals surface area contributed by atoms with Crippen LogP contribution in [-0.4, -0.2) is 19.7 Å². The molecule has 0 aliphatic carbocycles. The molecule has 0 saturated heterocycles. The van der Waals surface area contributed by atoms with Gasteiger partial charge in [-0.05, 0) is 31.2 Å². The number of rotatable bonds is 1. The minimum absolute atomic E-state index is 0.0591. The van der Waals surface area contributed by atoms with Crippen molar-refractivity contribution in [2.45, 2.75) is 6.92 Å². The molecule has 0 saturated carbocycles. The molecule has 1 N–H and O–H groups in total. The Balaban J connectivity index is 2.10. The van der Waals surface area contributed by atoms with Crippen molar-refractivity contribution in [2.75, 3.05) is 0 Å². The van der Waals surface area contributed by atoms with Gasteiger partial charge in [0.1, 0.15) is 0 Å². The van der Waals surface area contributed by atoms with E-state index in [0.717, 1.165) is 16.7 Å². The lowest BCUT2D eigenvalue weighted by Gasteiger charge is -2.06. The van der Waals surface area contributed by atoms with Crippen LogP contribution in [-0.2, 0) is 0 Å². The molecular weight excluding hydrogens is 300 g/mol. The second-order valence-electron chi connectivity index (χ2n) is 5.05. The molecule has 0 aliphatic heterocycles. The fourth-order valence-electron chi connectivity index (χ4n) is 2.66. The van der Waals surface area contributed by atoms with E-state index in [1.54, 1.807) is 0 Å². The predicted molar refractivity (Wildman–Crippen MR) is 86.7 cm³/mol. The first kappa shape index (κ1) is 13.0. The first-order valence-electron chi connectivity index (χ1n) is 6.76. The molecule has 4 rings (SSSR count). The first-order valence-corrected chi connectivity index (χ1v) is 7.14. The Bertz CT molecular complexity index is 1060. The van der Waals surface area contributed by atoms with Gasteiger partial charge in [-0.25, -0.2) is 9.67 Å². The highest BCUT2D eigenvalue weighted by molar-refractivity contribution is 6.30. The monoisotopic (exact) mass is 310 g/mol. The van der Waals surface area contributed by atoms with Gasteiger partial charge in [-0.15, -0.1) is 0 Å². The summed E-state index contributed by atoms with van der Waals surface area (Å²) >= 11 is 5.93. The van der Waals surface area contributed by atoms with E-state index in [2.05, 4.69) is 15.1 Å². The van der Waals surface area contributed by atoms with Gasteiger partial charge in [0.25, 0.3) is 0 Å². The quantitative estimate of drug-likeness (QED) is 0.587. The Labute approximate surface area is 130 Å². The fourth-order valence-corrected chi connectivity index (χ4v) is 2.79. The number of benzene rings is 1. The molecule has 0 unspecified atom stereocenters. The SMILES string of the molecule is Cc1nc2c(c[nH]n2-c2ccc(Cl)cc2)c2nccc(=O)c12. The van der Waals surface area contributed by atoms with Crippen LogP contribution in [0.4, 0.5) is 0 Å². The van der Waals surface area contributed by atoms with Crippen LogP contribution in [0, 0.1) is 6.92 Å². The number of nitrogens with zero attached hydrogens (tertiary/aromatic N) is 3. The van der Waals surface area contributed by atoms with Crippen LogP contribution in [0.25, 0.3) is 27.6 Å². The average molecular weight is 311 g/mol. The number of nitrogens with one attached hydrogen (secondary N) is 1. The highest BCUT2D eigenvalue weighted by atomic mass is 35.5. The Morgan fingerprint density at radius 2 is 1.95 bits per heavy atom. The van der Waals surface area contributed by atoms with E-state index in [4.69, 9.17) is 11.6 Å². The lowest BCUT2D eigenvalue weighted by atomic mass is 10.1. The van der Waals surface area contributed by atoms with Gasteiger partial charge in [0.15, 0.2) is 11.1 Å². The second kappa shape index (κ2) is 4.68. The van der Waals surface area contributed by atoms with E-state index in [0.29, 0.717) is 21.6 Å². The zero-order chi connectivity index (χ0) is 15.3. The predicted octanol–water partition coefficient (Wildman–Crippen LogP) is 3.22. The molecule has 0 bridgehead atoms. The van der Waals surface area contributed by atoms with Gasteiger partial charge in [0.2, 0.25) is 0 Å². The molecule has 4 aromatic rings. The van der Waals surface area contributed by atoms with Crippen molar-refractivity contribution in [3.63, 3.8) is 0 Å². The molecule has 0 spiro atoms. The maximum atomic E-state index is 12.0. The first-order chi connectivity index (χ1) is 10.6. The Kier molecular flexibility index (Phi) is 2.77. The van der Waals surface area contributed by atoms with Crippen LogP contribution in [0.2, 0.25) is 5.02 Å². The molecule has 6 heteroatoms. The number of pyridine rings is 2. The lowest BCUT2D eigenvalue weighted by molar-refractivity contribution is 0.895. The number of aromatic amines is 1. The number of fused-ring (bicyclic) bond motifs is 3. The summed E-state index contributed by atoms with van der Waals surface area (Å²) in [4.78, 5) is 21.0. The summed E-state index contributed by atoms with van der Waals surface area (Å²) in [5.74, 6) is 0. The molecule has 108 valence electrons. The van der Waals surface area contributed by atoms with Crippen molar-refractivity contribution < 1.29 is 0 Å². The largest absolute Gasteiger partial charge is 0.299 e. The molecule has 0 amide bonds. The Hall–Kier alpha value is -2.66. The summed E-state index contributed by atoms with van der Waals surface area (Å²) < 4.78 is 1.84. The minimum atomic E-state index is -0.0591. The van der Waals surface area contributed by atoms with E-state index in [-0.39, 0.29) is 5.43 Å². The Morgan fingerprint density at radius 1 is 1.18 bits per heavy atom. The number of hydrogen-bond acceptors (Lipinski definition) is 3. The van der Waals surface area contributed by atoms with Crippen LogP contribution >= 0.6 is 11.6 Å². The molecular formula is C16H11ClN4O. The van der Waals surface area contributed by atoms with Crippen LogP contribution < -0.4 is 5.43 Å². The molecule has 1 aromatic carbocycles. The maximum absolute atomic E-state index is 12.0. The number of aryl methyl sites for hydroxylation is 1. The molecule has 0 fully saturated rings. The van der Waals surface area contributed by atoms with Crippen LogP contribution in [0.15, 0.2) is 47.5 Å². The Morgan fingerprint density at radius 3 is 2.73 bits per heavy atom. The highest BCUT2D eigenvalue weighted by Gasteiger charge is 2.13. The summed E-state index contributed by atoms with van der Waals surface area (Å²) in [7, 11) is 0. The lowest BCUT2D eigenvalue weighted by Crippen LogP contribution is -2.05. The van der Waals surface area contributed by atoms with Crippen molar-refractivity contribution in [3.8, 4) is 5.69 Å². The zero-order valence-corrected chi connectivity index (χ0v) is 12.4. The van der Waals surface area contributed by atoms with Gasteiger partial charge in [0.05, 0.1) is 27.7 Å². The van der Waals surface area contributed by atoms with Crippen molar-refractivity contribution in [1.82, 2.24) is 19.7 Å². The zero-order valence-electron chi connectivity index (χ0n) is 11.7. The molecule has 3 aromatic heterocycles. The van der Waals surface area contributed by atoms with E-state index < -0.39 is 0 Å². The standard InChI is InChI=1S/C16H11ClN4O/c1-9-14-13(22)6-7-18-15(14)12-8-19-21(16(12)20-9)11-4-2-10(17)3-5-11/h2-8,19H,1H3. The normalized spacial score (nSPS) is 11.4. The summed E-state index contributed by atoms with van der Waals surface area (Å²) in [6.45, 7) is 1.82. The smallest absolute Gasteiger partial charge is 0.191 e. The maximum Gasteiger partial charge on any atom is 0.191 e.